The van der Waals surface area contributed by atoms with E-state index in [1.807, 2.05) is 0 Å². The maximum Gasteiger partial charge on any atom is 0.276 e. The van der Waals surface area contributed by atoms with E-state index in [4.69, 9.17) is 4.52 Å². The SMILES string of the molecule is CCCc1cc(C(=O)N2CCN(c3ncnc4nc[nH]c34)CC2)no1. The molecule has 0 bridgehead atoms. The van der Waals surface area contributed by atoms with E-state index in [1.165, 1.54) is 6.33 Å². The van der Waals surface area contributed by atoms with Crippen LogP contribution in [0.3, 0.4) is 0 Å². The first-order valence-electron chi connectivity index (χ1n) is 8.40. The lowest BCUT2D eigenvalue weighted by Gasteiger charge is -2.35. The molecular weight excluding hydrogens is 322 g/mol. The van der Waals surface area contributed by atoms with Crippen LogP contribution in [0.15, 0.2) is 23.2 Å². The third kappa shape index (κ3) is 2.92. The number of piperazine rings is 1. The van der Waals surface area contributed by atoms with Crippen molar-refractivity contribution in [3.63, 3.8) is 0 Å². The molecular formula is C16H19N7O2. The molecule has 0 spiro atoms. The molecule has 1 amide bonds. The number of amides is 1. The summed E-state index contributed by atoms with van der Waals surface area (Å²) in [7, 11) is 0. The smallest absolute Gasteiger partial charge is 0.276 e. The van der Waals surface area contributed by atoms with Gasteiger partial charge in [-0.05, 0) is 6.42 Å². The van der Waals surface area contributed by atoms with Gasteiger partial charge in [-0.1, -0.05) is 12.1 Å². The quantitative estimate of drug-likeness (QED) is 0.761. The molecule has 0 radical (unpaired) electrons. The number of carbonyl (C=O) groups is 1. The van der Waals surface area contributed by atoms with Gasteiger partial charge in [0, 0.05) is 38.7 Å². The molecule has 3 aromatic heterocycles. The fraction of sp³-hybridized carbons (Fsp3) is 0.438. The predicted molar refractivity (Wildman–Crippen MR) is 90.3 cm³/mol. The molecule has 0 atom stereocenters. The van der Waals surface area contributed by atoms with Crippen LogP contribution in [0.1, 0.15) is 29.6 Å². The summed E-state index contributed by atoms with van der Waals surface area (Å²) in [5.41, 5.74) is 1.85. The lowest BCUT2D eigenvalue weighted by atomic mass is 10.2. The Hall–Kier alpha value is -2.97. The van der Waals surface area contributed by atoms with Gasteiger partial charge in [-0.2, -0.15) is 0 Å². The second-order valence-electron chi connectivity index (χ2n) is 6.01. The topological polar surface area (TPSA) is 104 Å². The zero-order valence-corrected chi connectivity index (χ0v) is 14.0. The molecule has 9 nitrogen and oxygen atoms in total. The predicted octanol–water partition coefficient (Wildman–Crippen LogP) is 1.26. The molecule has 4 rings (SSSR count). The zero-order valence-electron chi connectivity index (χ0n) is 14.0. The molecule has 1 aliphatic heterocycles. The Morgan fingerprint density at radius 2 is 2.08 bits per heavy atom. The Balaban J connectivity index is 1.44. The van der Waals surface area contributed by atoms with Crippen LogP contribution in [-0.4, -0.2) is 62.1 Å². The highest BCUT2D eigenvalue weighted by Gasteiger charge is 2.26. The normalized spacial score (nSPS) is 15.1. The Kier molecular flexibility index (Phi) is 4.04. The average Bonchev–Trinajstić information content (AvgIpc) is 3.30. The van der Waals surface area contributed by atoms with Gasteiger partial charge >= 0.3 is 0 Å². The molecule has 0 saturated carbocycles. The first-order chi connectivity index (χ1) is 12.3. The lowest BCUT2D eigenvalue weighted by Crippen LogP contribution is -2.49. The summed E-state index contributed by atoms with van der Waals surface area (Å²) in [5, 5.41) is 3.91. The molecule has 9 heteroatoms. The monoisotopic (exact) mass is 341 g/mol. The van der Waals surface area contributed by atoms with Crippen LogP contribution < -0.4 is 4.90 Å². The molecule has 0 unspecified atom stereocenters. The number of nitrogens with one attached hydrogen (secondary N) is 1. The molecule has 0 aliphatic carbocycles. The van der Waals surface area contributed by atoms with E-state index < -0.39 is 0 Å². The van der Waals surface area contributed by atoms with Crippen molar-refractivity contribution in [2.24, 2.45) is 0 Å². The van der Waals surface area contributed by atoms with Crippen LogP contribution in [0.2, 0.25) is 0 Å². The number of rotatable bonds is 4. The molecule has 4 heterocycles. The highest BCUT2D eigenvalue weighted by molar-refractivity contribution is 5.92. The molecule has 1 saturated heterocycles. The summed E-state index contributed by atoms with van der Waals surface area (Å²) in [5.74, 6) is 1.49. The number of carbonyl (C=O) groups excluding carboxylic acids is 1. The highest BCUT2D eigenvalue weighted by Crippen LogP contribution is 2.21. The highest BCUT2D eigenvalue weighted by atomic mass is 16.5. The molecule has 1 aliphatic rings. The number of aromatic nitrogens is 5. The van der Waals surface area contributed by atoms with Crippen molar-refractivity contribution in [3.05, 3.63) is 30.2 Å². The van der Waals surface area contributed by atoms with Crippen LogP contribution in [0, 0.1) is 0 Å². The van der Waals surface area contributed by atoms with Crippen LogP contribution in [-0.2, 0) is 6.42 Å². The first-order valence-corrected chi connectivity index (χ1v) is 8.40. The Morgan fingerprint density at radius 1 is 1.24 bits per heavy atom. The Bertz CT molecular complexity index is 879. The molecule has 1 N–H and O–H groups in total. The maximum atomic E-state index is 12.6. The minimum atomic E-state index is -0.0832. The van der Waals surface area contributed by atoms with Crippen LogP contribution in [0.5, 0.6) is 0 Å². The largest absolute Gasteiger partial charge is 0.361 e. The van der Waals surface area contributed by atoms with Gasteiger partial charge in [0.25, 0.3) is 5.91 Å². The van der Waals surface area contributed by atoms with Gasteiger partial charge < -0.3 is 19.3 Å². The Labute approximate surface area is 144 Å². The standard InChI is InChI=1S/C16H19N7O2/c1-2-3-11-8-12(21-25-11)16(24)23-6-4-22(5-7-23)15-13-14(18-9-17-13)19-10-20-15/h8-10H,2-7H2,1H3,(H,17,18,19,20). The van der Waals surface area contributed by atoms with Gasteiger partial charge in [0.2, 0.25) is 0 Å². The first kappa shape index (κ1) is 15.6. The van der Waals surface area contributed by atoms with Gasteiger partial charge in [-0.3, -0.25) is 4.79 Å². The van der Waals surface area contributed by atoms with E-state index >= 15 is 0 Å². The van der Waals surface area contributed by atoms with Crippen LogP contribution in [0.25, 0.3) is 11.2 Å². The van der Waals surface area contributed by atoms with Crippen molar-refractivity contribution in [3.8, 4) is 0 Å². The van der Waals surface area contributed by atoms with Gasteiger partial charge in [0.15, 0.2) is 17.2 Å². The average molecular weight is 341 g/mol. The molecule has 25 heavy (non-hydrogen) atoms. The van der Waals surface area contributed by atoms with Crippen LogP contribution >= 0.6 is 0 Å². The number of aryl methyl sites for hydroxylation is 1. The minimum Gasteiger partial charge on any atom is -0.361 e. The molecule has 3 aromatic rings. The van der Waals surface area contributed by atoms with Crippen molar-refractivity contribution in [2.75, 3.05) is 31.1 Å². The summed E-state index contributed by atoms with van der Waals surface area (Å²) < 4.78 is 5.21. The number of hydrogen-bond acceptors (Lipinski definition) is 7. The maximum absolute atomic E-state index is 12.6. The van der Waals surface area contributed by atoms with Gasteiger partial charge in [-0.15, -0.1) is 0 Å². The summed E-state index contributed by atoms with van der Waals surface area (Å²) >= 11 is 0. The number of anilines is 1. The summed E-state index contributed by atoms with van der Waals surface area (Å²) in [6.07, 6.45) is 4.88. The minimum absolute atomic E-state index is 0.0832. The van der Waals surface area contributed by atoms with Crippen molar-refractivity contribution >= 4 is 22.9 Å². The second kappa shape index (κ2) is 6.50. The van der Waals surface area contributed by atoms with E-state index in [-0.39, 0.29) is 5.91 Å². The van der Waals surface area contributed by atoms with Crippen molar-refractivity contribution in [2.45, 2.75) is 19.8 Å². The number of fused-ring (bicyclic) bond motifs is 1. The number of nitrogens with zero attached hydrogens (tertiary/aromatic N) is 6. The third-order valence-electron chi connectivity index (χ3n) is 4.34. The second-order valence-corrected chi connectivity index (χ2v) is 6.01. The van der Waals surface area contributed by atoms with Crippen molar-refractivity contribution in [1.82, 2.24) is 30.0 Å². The van der Waals surface area contributed by atoms with E-state index in [0.717, 1.165) is 29.9 Å². The van der Waals surface area contributed by atoms with Crippen molar-refractivity contribution < 1.29 is 9.32 Å². The van der Waals surface area contributed by atoms with Crippen LogP contribution in [0.4, 0.5) is 5.82 Å². The fourth-order valence-electron chi connectivity index (χ4n) is 3.05. The van der Waals surface area contributed by atoms with E-state index in [0.29, 0.717) is 37.5 Å². The Morgan fingerprint density at radius 3 is 2.88 bits per heavy atom. The summed E-state index contributed by atoms with van der Waals surface area (Å²) in [4.78, 5) is 32.2. The molecule has 130 valence electrons. The lowest BCUT2D eigenvalue weighted by molar-refractivity contribution is 0.0736. The molecule has 0 aromatic carbocycles. The van der Waals surface area contributed by atoms with E-state index in [9.17, 15) is 4.79 Å². The number of aromatic amines is 1. The fourth-order valence-corrected chi connectivity index (χ4v) is 3.05. The number of hydrogen-bond donors (Lipinski definition) is 1. The summed E-state index contributed by atoms with van der Waals surface area (Å²) in [6, 6.07) is 1.75. The third-order valence-corrected chi connectivity index (χ3v) is 4.34. The number of H-pyrrole nitrogens is 1. The zero-order chi connectivity index (χ0) is 17.2. The number of imidazole rings is 1. The van der Waals surface area contributed by atoms with E-state index in [1.54, 1.807) is 17.3 Å². The van der Waals surface area contributed by atoms with Gasteiger partial charge in [0.05, 0.1) is 6.33 Å². The van der Waals surface area contributed by atoms with Gasteiger partial charge in [0.1, 0.15) is 17.6 Å². The van der Waals surface area contributed by atoms with Gasteiger partial charge in [-0.25, -0.2) is 15.0 Å². The summed E-state index contributed by atoms with van der Waals surface area (Å²) in [6.45, 7) is 4.66. The van der Waals surface area contributed by atoms with E-state index in [2.05, 4.69) is 36.9 Å². The van der Waals surface area contributed by atoms with Crippen molar-refractivity contribution in [1.29, 1.82) is 0 Å². The molecule has 1 fully saturated rings.